The van der Waals surface area contributed by atoms with E-state index in [4.69, 9.17) is 27.3 Å². The Morgan fingerprint density at radius 3 is 2.79 bits per heavy atom. The van der Waals surface area contributed by atoms with Crippen molar-refractivity contribution in [2.24, 2.45) is 10.9 Å². The van der Waals surface area contributed by atoms with Gasteiger partial charge in [0.25, 0.3) is 0 Å². The maximum Gasteiger partial charge on any atom is 0.172 e. The van der Waals surface area contributed by atoms with Crippen LogP contribution in [0.4, 0.5) is 5.69 Å². The van der Waals surface area contributed by atoms with Crippen LogP contribution in [-0.4, -0.2) is 37.3 Å². The van der Waals surface area contributed by atoms with Crippen molar-refractivity contribution in [3.63, 3.8) is 0 Å². The number of amidine groups is 1. The lowest BCUT2D eigenvalue weighted by molar-refractivity contribution is 0.182. The number of oxime groups is 1. The lowest BCUT2D eigenvalue weighted by Gasteiger charge is -2.31. The van der Waals surface area contributed by atoms with Crippen LogP contribution in [0.3, 0.4) is 0 Å². The first kappa shape index (κ1) is 15.6. The minimum Gasteiger partial charge on any atom is -0.409 e. The molecule has 19 heavy (non-hydrogen) atoms. The van der Waals surface area contributed by atoms with E-state index in [1.807, 2.05) is 13.0 Å². The van der Waals surface area contributed by atoms with Crippen molar-refractivity contribution in [3.05, 3.63) is 28.8 Å². The minimum absolute atomic E-state index is 0.0422. The predicted octanol–water partition coefficient (Wildman–Crippen LogP) is 2.30. The second kappa shape index (κ2) is 7.21. The number of ether oxygens (including phenoxy) is 1. The van der Waals surface area contributed by atoms with Gasteiger partial charge in [0.05, 0.1) is 6.61 Å². The molecule has 0 spiro atoms. The number of benzene rings is 1. The molecule has 0 aromatic heterocycles. The Kier molecular flexibility index (Phi) is 5.92. The molecule has 0 saturated heterocycles. The Hall–Kier alpha value is -1.46. The normalized spacial score (nSPS) is 13.4. The topological polar surface area (TPSA) is 71.1 Å². The molecule has 0 saturated carbocycles. The first-order valence-electron chi connectivity index (χ1n) is 6.08. The van der Waals surface area contributed by atoms with Gasteiger partial charge in [0.1, 0.15) is 0 Å². The number of rotatable bonds is 6. The molecule has 0 aliphatic rings. The van der Waals surface area contributed by atoms with Gasteiger partial charge in [-0.2, -0.15) is 0 Å². The molecule has 0 aliphatic heterocycles. The van der Waals surface area contributed by atoms with Crippen LogP contribution < -0.4 is 10.6 Å². The molecule has 1 aromatic rings. The van der Waals surface area contributed by atoms with Gasteiger partial charge < -0.3 is 20.6 Å². The fourth-order valence-electron chi connectivity index (χ4n) is 2.07. The van der Waals surface area contributed by atoms with Crippen molar-refractivity contribution >= 4 is 23.1 Å². The lowest BCUT2D eigenvalue weighted by Crippen LogP contribution is -2.37. The monoisotopic (exact) mass is 285 g/mol. The van der Waals surface area contributed by atoms with Gasteiger partial charge in [-0.25, -0.2) is 0 Å². The Bertz CT molecular complexity index is 452. The molecule has 1 atom stereocenters. The van der Waals surface area contributed by atoms with Gasteiger partial charge >= 0.3 is 0 Å². The van der Waals surface area contributed by atoms with Crippen LogP contribution in [0.5, 0.6) is 0 Å². The van der Waals surface area contributed by atoms with Gasteiger partial charge in [-0.3, -0.25) is 0 Å². The van der Waals surface area contributed by atoms with E-state index in [0.29, 0.717) is 17.2 Å². The molecule has 5 nitrogen and oxygen atoms in total. The van der Waals surface area contributed by atoms with Crippen LogP contribution in [0.15, 0.2) is 23.4 Å². The summed E-state index contributed by atoms with van der Waals surface area (Å²) >= 11 is 5.97. The highest BCUT2D eigenvalue weighted by molar-refractivity contribution is 6.31. The summed E-state index contributed by atoms with van der Waals surface area (Å²) in [4.78, 5) is 2.12. The summed E-state index contributed by atoms with van der Waals surface area (Å²) in [5, 5.41) is 12.5. The molecule has 0 fully saturated rings. The summed E-state index contributed by atoms with van der Waals surface area (Å²) in [5.41, 5.74) is 7.19. The molecule has 1 rings (SSSR count). The maximum absolute atomic E-state index is 8.88. The largest absolute Gasteiger partial charge is 0.409 e. The van der Waals surface area contributed by atoms with E-state index < -0.39 is 0 Å². The molecule has 0 amide bonds. The molecular weight excluding hydrogens is 266 g/mol. The average molecular weight is 286 g/mol. The van der Waals surface area contributed by atoms with E-state index in [-0.39, 0.29) is 11.9 Å². The predicted molar refractivity (Wildman–Crippen MR) is 78.3 cm³/mol. The number of nitrogens with two attached hydrogens (primary N) is 1. The summed E-state index contributed by atoms with van der Waals surface area (Å²) in [6, 6.07) is 5.51. The lowest BCUT2D eigenvalue weighted by atomic mass is 10.1. The van der Waals surface area contributed by atoms with Gasteiger partial charge in [0.15, 0.2) is 5.84 Å². The maximum atomic E-state index is 8.88. The zero-order chi connectivity index (χ0) is 14.4. The number of nitrogens with zero attached hydrogens (tertiary/aromatic N) is 2. The van der Waals surface area contributed by atoms with E-state index in [2.05, 4.69) is 17.0 Å². The van der Waals surface area contributed by atoms with Gasteiger partial charge in [-0.1, -0.05) is 16.8 Å². The number of methoxy groups -OCH3 is 1. The van der Waals surface area contributed by atoms with Crippen molar-refractivity contribution in [1.29, 1.82) is 0 Å². The van der Waals surface area contributed by atoms with E-state index in [0.717, 1.165) is 12.2 Å². The van der Waals surface area contributed by atoms with Crippen LogP contribution in [0.2, 0.25) is 5.02 Å². The molecule has 6 heteroatoms. The second-order valence-corrected chi connectivity index (χ2v) is 4.67. The summed E-state index contributed by atoms with van der Waals surface area (Å²) in [6.45, 7) is 5.46. The van der Waals surface area contributed by atoms with E-state index in [1.54, 1.807) is 19.2 Å². The smallest absolute Gasteiger partial charge is 0.172 e. The second-order valence-electron chi connectivity index (χ2n) is 4.24. The highest BCUT2D eigenvalue weighted by Crippen LogP contribution is 2.26. The zero-order valence-electron chi connectivity index (χ0n) is 11.4. The van der Waals surface area contributed by atoms with Crippen LogP contribution in [0.1, 0.15) is 19.4 Å². The standard InChI is InChI=1S/C13H20ClN3O2/c1-4-17(9(2)8-19-3)12-6-5-10(14)7-11(12)13(15)16-18/h5-7,9,18H,4,8H2,1-3H3,(H2,15,16). The Morgan fingerprint density at radius 1 is 1.58 bits per heavy atom. The molecule has 0 aliphatic carbocycles. The third kappa shape index (κ3) is 3.75. The van der Waals surface area contributed by atoms with Gasteiger partial charge in [0.2, 0.25) is 0 Å². The van der Waals surface area contributed by atoms with Gasteiger partial charge in [-0.05, 0) is 32.0 Å². The van der Waals surface area contributed by atoms with Crippen molar-refractivity contribution in [2.75, 3.05) is 25.2 Å². The number of anilines is 1. The first-order chi connectivity index (χ1) is 9.04. The molecule has 0 radical (unpaired) electrons. The third-order valence-corrected chi connectivity index (χ3v) is 3.17. The number of hydrogen-bond donors (Lipinski definition) is 2. The van der Waals surface area contributed by atoms with E-state index in [1.165, 1.54) is 0 Å². The SMILES string of the molecule is CCN(c1ccc(Cl)cc1C(N)=NO)C(C)COC. The molecule has 1 aromatic carbocycles. The summed E-state index contributed by atoms with van der Waals surface area (Å²) in [6.07, 6.45) is 0. The van der Waals surface area contributed by atoms with Crippen molar-refractivity contribution in [2.45, 2.75) is 19.9 Å². The van der Waals surface area contributed by atoms with Crippen molar-refractivity contribution < 1.29 is 9.94 Å². The molecule has 1 unspecified atom stereocenters. The Labute approximate surface area is 118 Å². The van der Waals surface area contributed by atoms with Gasteiger partial charge in [0, 0.05) is 36.0 Å². The molecular formula is C13H20ClN3O2. The highest BCUT2D eigenvalue weighted by Gasteiger charge is 2.18. The van der Waals surface area contributed by atoms with E-state index >= 15 is 0 Å². The number of halogens is 1. The van der Waals surface area contributed by atoms with Crippen LogP contribution >= 0.6 is 11.6 Å². The Morgan fingerprint density at radius 2 is 2.26 bits per heavy atom. The summed E-state index contributed by atoms with van der Waals surface area (Å²) in [7, 11) is 1.66. The van der Waals surface area contributed by atoms with E-state index in [9.17, 15) is 0 Å². The average Bonchev–Trinajstić information content (AvgIpc) is 2.40. The fourth-order valence-corrected chi connectivity index (χ4v) is 2.24. The molecule has 106 valence electrons. The number of hydrogen-bond acceptors (Lipinski definition) is 4. The minimum atomic E-state index is 0.0422. The van der Waals surface area contributed by atoms with Crippen molar-refractivity contribution in [1.82, 2.24) is 0 Å². The van der Waals surface area contributed by atoms with Crippen LogP contribution in [-0.2, 0) is 4.74 Å². The quantitative estimate of drug-likeness (QED) is 0.364. The molecule has 0 bridgehead atoms. The van der Waals surface area contributed by atoms with Gasteiger partial charge in [-0.15, -0.1) is 0 Å². The van der Waals surface area contributed by atoms with Crippen LogP contribution in [0, 0.1) is 0 Å². The number of likely N-dealkylation sites (N-methyl/N-ethyl adjacent to an activating group) is 1. The first-order valence-corrected chi connectivity index (χ1v) is 6.45. The van der Waals surface area contributed by atoms with Crippen LogP contribution in [0.25, 0.3) is 0 Å². The van der Waals surface area contributed by atoms with Crippen molar-refractivity contribution in [3.8, 4) is 0 Å². The zero-order valence-corrected chi connectivity index (χ0v) is 12.2. The Balaban J connectivity index is 3.23. The fraction of sp³-hybridized carbons (Fsp3) is 0.462. The summed E-state index contributed by atoms with van der Waals surface area (Å²) in [5.74, 6) is 0.0422. The molecule has 0 heterocycles. The summed E-state index contributed by atoms with van der Waals surface area (Å²) < 4.78 is 5.18. The molecule has 3 N–H and O–H groups in total. The highest BCUT2D eigenvalue weighted by atomic mass is 35.5. The third-order valence-electron chi connectivity index (χ3n) is 2.93.